The first-order valence-electron chi connectivity index (χ1n) is 6.66. The van der Waals surface area contributed by atoms with Gasteiger partial charge in [0.15, 0.2) is 0 Å². The molecule has 0 spiro atoms. The number of rotatable bonds is 4. The molecule has 0 saturated carbocycles. The molecule has 122 valence electrons. The molecule has 0 bridgehead atoms. The molecule has 1 aromatic carbocycles. The van der Waals surface area contributed by atoms with Crippen LogP contribution < -0.4 is 10.1 Å². The summed E-state index contributed by atoms with van der Waals surface area (Å²) < 4.78 is 40.7. The normalized spacial score (nSPS) is 11.2. The highest BCUT2D eigenvalue weighted by molar-refractivity contribution is 5.92. The van der Waals surface area contributed by atoms with E-state index in [1.165, 1.54) is 24.5 Å². The van der Waals surface area contributed by atoms with Crippen molar-refractivity contribution in [2.45, 2.75) is 26.8 Å². The molecule has 5 nitrogen and oxygen atoms in total. The molecule has 0 fully saturated rings. The van der Waals surface area contributed by atoms with Gasteiger partial charge in [-0.25, -0.2) is 9.97 Å². The average Bonchev–Trinajstić information content (AvgIpc) is 2.42. The maximum atomic E-state index is 12.3. The van der Waals surface area contributed by atoms with Crippen LogP contribution in [0.15, 0.2) is 30.6 Å². The minimum atomic E-state index is -4.76. The number of benzene rings is 1. The second kappa shape index (κ2) is 6.64. The standard InChI is InChI=1S/C15H14F3N3O2/c1-9-3-11(6-12(4-9)23-15(16,17)18)7-19-14(22)13-5-10(2)20-8-21-13/h3-6,8H,7H2,1-2H3,(H,19,22). The number of aryl methyl sites for hydroxylation is 2. The van der Waals surface area contributed by atoms with E-state index < -0.39 is 12.3 Å². The molecular weight excluding hydrogens is 311 g/mol. The van der Waals surface area contributed by atoms with Crippen molar-refractivity contribution in [1.29, 1.82) is 0 Å². The quantitative estimate of drug-likeness (QED) is 0.939. The van der Waals surface area contributed by atoms with Crippen LogP contribution in [-0.2, 0) is 6.54 Å². The Morgan fingerprint density at radius 3 is 2.57 bits per heavy atom. The van der Waals surface area contributed by atoms with Crippen molar-refractivity contribution < 1.29 is 22.7 Å². The fourth-order valence-electron chi connectivity index (χ4n) is 1.97. The van der Waals surface area contributed by atoms with E-state index in [4.69, 9.17) is 0 Å². The molecule has 0 unspecified atom stereocenters. The van der Waals surface area contributed by atoms with Gasteiger partial charge in [-0.3, -0.25) is 4.79 Å². The van der Waals surface area contributed by atoms with Crippen LogP contribution in [0.3, 0.4) is 0 Å². The Bertz CT molecular complexity index is 717. The van der Waals surface area contributed by atoms with E-state index in [1.54, 1.807) is 19.9 Å². The number of halogens is 3. The third-order valence-electron chi connectivity index (χ3n) is 2.83. The van der Waals surface area contributed by atoms with Gasteiger partial charge in [0.1, 0.15) is 17.8 Å². The Kier molecular flexibility index (Phi) is 4.83. The van der Waals surface area contributed by atoms with Crippen LogP contribution in [-0.4, -0.2) is 22.2 Å². The lowest BCUT2D eigenvalue weighted by atomic mass is 10.1. The van der Waals surface area contributed by atoms with Crippen LogP contribution in [0.4, 0.5) is 13.2 Å². The fraction of sp³-hybridized carbons (Fsp3) is 0.267. The average molecular weight is 325 g/mol. The summed E-state index contributed by atoms with van der Waals surface area (Å²) in [5.41, 5.74) is 1.91. The summed E-state index contributed by atoms with van der Waals surface area (Å²) in [6, 6.07) is 5.68. The highest BCUT2D eigenvalue weighted by Gasteiger charge is 2.31. The van der Waals surface area contributed by atoms with E-state index in [-0.39, 0.29) is 18.0 Å². The molecule has 0 aliphatic rings. The molecule has 0 radical (unpaired) electrons. The number of alkyl halides is 3. The van der Waals surface area contributed by atoms with E-state index in [2.05, 4.69) is 20.0 Å². The zero-order valence-electron chi connectivity index (χ0n) is 12.4. The largest absolute Gasteiger partial charge is 0.573 e. The Morgan fingerprint density at radius 2 is 1.91 bits per heavy atom. The molecule has 0 atom stereocenters. The number of hydrogen-bond acceptors (Lipinski definition) is 4. The summed E-state index contributed by atoms with van der Waals surface area (Å²) in [5.74, 6) is -0.755. The van der Waals surface area contributed by atoms with Gasteiger partial charge in [-0.2, -0.15) is 0 Å². The van der Waals surface area contributed by atoms with E-state index in [1.807, 2.05) is 0 Å². The Labute approximate surface area is 130 Å². The topological polar surface area (TPSA) is 64.1 Å². The van der Waals surface area contributed by atoms with Gasteiger partial charge in [-0.1, -0.05) is 6.07 Å². The molecule has 1 aromatic heterocycles. The fourth-order valence-corrected chi connectivity index (χ4v) is 1.97. The lowest BCUT2D eigenvalue weighted by Crippen LogP contribution is -2.24. The minimum absolute atomic E-state index is 0.0534. The van der Waals surface area contributed by atoms with Gasteiger partial charge < -0.3 is 10.1 Å². The first-order chi connectivity index (χ1) is 10.7. The van der Waals surface area contributed by atoms with Gasteiger partial charge >= 0.3 is 6.36 Å². The third-order valence-corrected chi connectivity index (χ3v) is 2.83. The number of aromatic nitrogens is 2. The minimum Gasteiger partial charge on any atom is -0.406 e. The first kappa shape index (κ1) is 16.7. The van der Waals surface area contributed by atoms with Crippen LogP contribution in [0.5, 0.6) is 5.75 Å². The number of nitrogens with one attached hydrogen (secondary N) is 1. The van der Waals surface area contributed by atoms with Crippen LogP contribution in [0, 0.1) is 13.8 Å². The number of hydrogen-bond donors (Lipinski definition) is 1. The number of carbonyl (C=O) groups excluding carboxylic acids is 1. The van der Waals surface area contributed by atoms with Crippen molar-refractivity contribution in [3.63, 3.8) is 0 Å². The van der Waals surface area contributed by atoms with Crippen LogP contribution in [0.1, 0.15) is 27.3 Å². The molecular formula is C15H14F3N3O2. The van der Waals surface area contributed by atoms with Crippen molar-refractivity contribution in [2.75, 3.05) is 0 Å². The Balaban J connectivity index is 2.07. The maximum Gasteiger partial charge on any atom is 0.573 e. The predicted molar refractivity (Wildman–Crippen MR) is 75.8 cm³/mol. The van der Waals surface area contributed by atoms with Crippen molar-refractivity contribution in [3.8, 4) is 5.75 Å². The van der Waals surface area contributed by atoms with Gasteiger partial charge in [-0.15, -0.1) is 13.2 Å². The smallest absolute Gasteiger partial charge is 0.406 e. The van der Waals surface area contributed by atoms with E-state index >= 15 is 0 Å². The van der Waals surface area contributed by atoms with E-state index in [9.17, 15) is 18.0 Å². The first-order valence-corrected chi connectivity index (χ1v) is 6.66. The number of ether oxygens (including phenoxy) is 1. The van der Waals surface area contributed by atoms with Crippen molar-refractivity contribution >= 4 is 5.91 Å². The lowest BCUT2D eigenvalue weighted by molar-refractivity contribution is -0.274. The molecule has 23 heavy (non-hydrogen) atoms. The predicted octanol–water partition coefficient (Wildman–Crippen LogP) is 2.92. The SMILES string of the molecule is Cc1cc(CNC(=O)c2cc(C)ncn2)cc(OC(F)(F)F)c1. The van der Waals surface area contributed by atoms with Crippen LogP contribution >= 0.6 is 0 Å². The zero-order chi connectivity index (χ0) is 17.0. The van der Waals surface area contributed by atoms with E-state index in [0.29, 0.717) is 16.8 Å². The molecule has 0 aliphatic carbocycles. The van der Waals surface area contributed by atoms with Gasteiger partial charge in [-0.05, 0) is 43.2 Å². The monoisotopic (exact) mass is 325 g/mol. The summed E-state index contributed by atoms with van der Waals surface area (Å²) in [6.07, 6.45) is -3.49. The number of amides is 1. The second-order valence-electron chi connectivity index (χ2n) is 4.93. The van der Waals surface area contributed by atoms with Crippen LogP contribution in [0.2, 0.25) is 0 Å². The molecule has 0 aliphatic heterocycles. The molecule has 2 rings (SSSR count). The Morgan fingerprint density at radius 1 is 1.17 bits per heavy atom. The summed E-state index contributed by atoms with van der Waals surface area (Å²) in [7, 11) is 0. The maximum absolute atomic E-state index is 12.3. The molecule has 1 N–H and O–H groups in total. The highest BCUT2D eigenvalue weighted by Crippen LogP contribution is 2.24. The van der Waals surface area contributed by atoms with E-state index in [0.717, 1.165) is 0 Å². The van der Waals surface area contributed by atoms with Crippen molar-refractivity contribution in [1.82, 2.24) is 15.3 Å². The molecule has 8 heteroatoms. The van der Waals surface area contributed by atoms with Crippen molar-refractivity contribution in [3.05, 3.63) is 53.1 Å². The van der Waals surface area contributed by atoms with Crippen LogP contribution in [0.25, 0.3) is 0 Å². The summed E-state index contributed by atoms with van der Waals surface area (Å²) >= 11 is 0. The summed E-state index contributed by atoms with van der Waals surface area (Å²) in [5, 5.41) is 2.59. The summed E-state index contributed by atoms with van der Waals surface area (Å²) in [4.78, 5) is 19.7. The third kappa shape index (κ3) is 5.24. The molecule has 0 saturated heterocycles. The van der Waals surface area contributed by atoms with Gasteiger partial charge in [0.2, 0.25) is 0 Å². The van der Waals surface area contributed by atoms with Gasteiger partial charge in [0.05, 0.1) is 0 Å². The van der Waals surface area contributed by atoms with Crippen molar-refractivity contribution in [2.24, 2.45) is 0 Å². The molecule has 1 amide bonds. The Hall–Kier alpha value is -2.64. The number of nitrogens with zero attached hydrogens (tertiary/aromatic N) is 2. The van der Waals surface area contributed by atoms with Gasteiger partial charge in [0.25, 0.3) is 5.91 Å². The molecule has 1 heterocycles. The summed E-state index contributed by atoms with van der Waals surface area (Å²) in [6.45, 7) is 3.42. The molecule has 2 aromatic rings. The number of carbonyl (C=O) groups is 1. The lowest BCUT2D eigenvalue weighted by Gasteiger charge is -2.12. The highest BCUT2D eigenvalue weighted by atomic mass is 19.4. The van der Waals surface area contributed by atoms with Gasteiger partial charge in [0, 0.05) is 12.2 Å². The second-order valence-corrected chi connectivity index (χ2v) is 4.93. The zero-order valence-corrected chi connectivity index (χ0v) is 12.4.